The summed E-state index contributed by atoms with van der Waals surface area (Å²) >= 11 is 0. The molecule has 1 aliphatic rings. The van der Waals surface area contributed by atoms with Crippen molar-refractivity contribution in [3.63, 3.8) is 0 Å². The van der Waals surface area contributed by atoms with Crippen LogP contribution >= 0.6 is 0 Å². The van der Waals surface area contributed by atoms with Crippen LogP contribution in [0.1, 0.15) is 40.8 Å². The van der Waals surface area contributed by atoms with Gasteiger partial charge in [-0.25, -0.2) is 13.9 Å². The van der Waals surface area contributed by atoms with Gasteiger partial charge in [-0.3, -0.25) is 10.0 Å². The van der Waals surface area contributed by atoms with E-state index in [0.717, 1.165) is 34.9 Å². The van der Waals surface area contributed by atoms with Crippen molar-refractivity contribution < 1.29 is 28.6 Å². The van der Waals surface area contributed by atoms with Crippen LogP contribution in [0.3, 0.4) is 0 Å². The molecule has 0 saturated carbocycles. The van der Waals surface area contributed by atoms with E-state index >= 15 is 0 Å². The summed E-state index contributed by atoms with van der Waals surface area (Å²) < 4.78 is 23.7. The maximum absolute atomic E-state index is 11.9. The Morgan fingerprint density at radius 2 is 1.94 bits per heavy atom. The summed E-state index contributed by atoms with van der Waals surface area (Å²) in [6.45, 7) is 2.99. The summed E-state index contributed by atoms with van der Waals surface area (Å²) in [5.74, 6) is -0.611. The minimum absolute atomic E-state index is 0.0732. The molecule has 8 nitrogen and oxygen atoms in total. The van der Waals surface area contributed by atoms with Gasteiger partial charge in [-0.1, -0.05) is 36.9 Å². The molecule has 0 radical (unpaired) electrons. The van der Waals surface area contributed by atoms with Crippen molar-refractivity contribution in [1.82, 2.24) is 10.8 Å². The summed E-state index contributed by atoms with van der Waals surface area (Å²) in [7, 11) is -3.55. The topological polar surface area (TPSA) is 136 Å². The zero-order valence-electron chi connectivity index (χ0n) is 17.3. The highest BCUT2D eigenvalue weighted by molar-refractivity contribution is 7.94. The van der Waals surface area contributed by atoms with Gasteiger partial charge in [-0.15, -0.1) is 0 Å². The maximum Gasteiger partial charge on any atom is 0.267 e. The minimum atomic E-state index is -3.55. The Morgan fingerprint density at radius 3 is 2.56 bits per heavy atom. The van der Waals surface area contributed by atoms with E-state index in [1.807, 2.05) is 18.2 Å². The van der Waals surface area contributed by atoms with Crippen LogP contribution in [0.25, 0.3) is 6.08 Å². The predicted octanol–water partition coefficient (Wildman–Crippen LogP) is 1.79. The number of hydroxylamine groups is 1. The van der Waals surface area contributed by atoms with Crippen molar-refractivity contribution >= 4 is 21.8 Å². The standard InChI is InChI=1S/C23H26N2O6S/c1-2-32(30,31)18-8-5-16(6-9-18)23(28)21(14-26)24-20-11-7-17-13-15(3-10-19(17)20)4-12-22(27)25-29/h2-6,8-10,12-13,20-21,23-24,26,28-29H,1,7,11,14H2,(H,25,27)/b12-4+. The number of rotatable bonds is 9. The second-order valence-corrected chi connectivity index (χ2v) is 9.43. The molecule has 5 N–H and O–H groups in total. The number of carbonyl (C=O) groups excluding carboxylic acids is 1. The number of nitrogens with one attached hydrogen (secondary N) is 2. The van der Waals surface area contributed by atoms with E-state index in [1.54, 1.807) is 11.6 Å². The lowest BCUT2D eigenvalue weighted by Crippen LogP contribution is -2.39. The summed E-state index contributed by atoms with van der Waals surface area (Å²) in [5.41, 5.74) is 4.99. The lowest BCUT2D eigenvalue weighted by molar-refractivity contribution is -0.124. The lowest BCUT2D eigenvalue weighted by Gasteiger charge is -2.27. The highest BCUT2D eigenvalue weighted by Gasteiger charge is 2.28. The Balaban J connectivity index is 1.72. The van der Waals surface area contributed by atoms with Gasteiger partial charge >= 0.3 is 0 Å². The molecule has 0 heterocycles. The van der Waals surface area contributed by atoms with Gasteiger partial charge in [-0.05, 0) is 53.3 Å². The predicted molar refractivity (Wildman–Crippen MR) is 119 cm³/mol. The molecular weight excluding hydrogens is 432 g/mol. The Morgan fingerprint density at radius 1 is 1.22 bits per heavy atom. The van der Waals surface area contributed by atoms with Crippen LogP contribution in [0, 0.1) is 0 Å². The third kappa shape index (κ3) is 5.32. The van der Waals surface area contributed by atoms with Crippen molar-refractivity contribution in [2.45, 2.75) is 35.9 Å². The van der Waals surface area contributed by atoms with E-state index in [2.05, 4.69) is 11.9 Å². The van der Waals surface area contributed by atoms with E-state index in [1.165, 1.54) is 30.3 Å². The molecule has 3 rings (SSSR count). The number of amides is 1. The van der Waals surface area contributed by atoms with Crippen LogP contribution in [-0.4, -0.2) is 42.4 Å². The average molecular weight is 459 g/mol. The Labute approximate surface area is 186 Å². The first-order valence-corrected chi connectivity index (χ1v) is 11.6. The SMILES string of the molecule is C=CS(=O)(=O)c1ccc(C(O)C(CO)NC2CCc3cc(/C=C/C(=O)NO)ccc32)cc1. The van der Waals surface area contributed by atoms with Gasteiger partial charge in [0.05, 0.1) is 23.6 Å². The second-order valence-electron chi connectivity index (χ2n) is 7.54. The molecule has 1 amide bonds. The highest BCUT2D eigenvalue weighted by Crippen LogP contribution is 2.33. The van der Waals surface area contributed by atoms with Gasteiger partial charge in [0.25, 0.3) is 5.91 Å². The van der Waals surface area contributed by atoms with E-state index in [-0.39, 0.29) is 17.5 Å². The van der Waals surface area contributed by atoms with Gasteiger partial charge < -0.3 is 15.5 Å². The number of aliphatic hydroxyl groups is 2. The summed E-state index contributed by atoms with van der Waals surface area (Å²) in [4.78, 5) is 11.2. The van der Waals surface area contributed by atoms with Crippen molar-refractivity contribution in [2.75, 3.05) is 6.61 Å². The van der Waals surface area contributed by atoms with E-state index < -0.39 is 27.9 Å². The number of hydrogen-bond donors (Lipinski definition) is 5. The van der Waals surface area contributed by atoms with Crippen LogP contribution in [-0.2, 0) is 21.1 Å². The zero-order chi connectivity index (χ0) is 23.3. The molecular formula is C23H26N2O6S. The first-order valence-electron chi connectivity index (χ1n) is 10.1. The summed E-state index contributed by atoms with van der Waals surface area (Å²) in [6.07, 6.45) is 3.37. The summed E-state index contributed by atoms with van der Waals surface area (Å²) in [6, 6.07) is 10.9. The first-order chi connectivity index (χ1) is 15.3. The third-order valence-electron chi connectivity index (χ3n) is 5.54. The smallest absolute Gasteiger partial charge is 0.267 e. The largest absolute Gasteiger partial charge is 0.395 e. The van der Waals surface area contributed by atoms with Crippen LogP contribution in [0.5, 0.6) is 0 Å². The van der Waals surface area contributed by atoms with Gasteiger partial charge in [0, 0.05) is 17.5 Å². The van der Waals surface area contributed by atoms with Crippen molar-refractivity contribution in [3.05, 3.63) is 82.8 Å². The molecule has 3 unspecified atom stereocenters. The number of benzene rings is 2. The number of carbonyl (C=O) groups is 1. The molecule has 0 aromatic heterocycles. The molecule has 0 spiro atoms. The molecule has 1 aliphatic carbocycles. The van der Waals surface area contributed by atoms with Crippen LogP contribution in [0.15, 0.2) is 65.4 Å². The summed E-state index contributed by atoms with van der Waals surface area (Å²) in [5, 5.41) is 33.4. The van der Waals surface area contributed by atoms with Crippen molar-refractivity contribution in [3.8, 4) is 0 Å². The fourth-order valence-corrected chi connectivity index (χ4v) is 4.52. The molecule has 0 saturated heterocycles. The van der Waals surface area contributed by atoms with Crippen LogP contribution in [0.4, 0.5) is 0 Å². The highest BCUT2D eigenvalue weighted by atomic mass is 32.2. The number of aliphatic hydroxyl groups excluding tert-OH is 2. The Hall–Kier alpha value is -2.82. The molecule has 170 valence electrons. The van der Waals surface area contributed by atoms with Crippen molar-refractivity contribution in [2.24, 2.45) is 0 Å². The molecule has 3 atom stereocenters. The molecule has 0 fully saturated rings. The maximum atomic E-state index is 11.9. The molecule has 32 heavy (non-hydrogen) atoms. The average Bonchev–Trinajstić information content (AvgIpc) is 3.22. The van der Waals surface area contributed by atoms with E-state index in [9.17, 15) is 23.4 Å². The lowest BCUT2D eigenvalue weighted by atomic mass is 10.00. The fourth-order valence-electron chi connectivity index (χ4n) is 3.81. The van der Waals surface area contributed by atoms with Crippen LogP contribution in [0.2, 0.25) is 0 Å². The monoisotopic (exact) mass is 458 g/mol. The quantitative estimate of drug-likeness (QED) is 0.220. The Bertz CT molecular complexity index is 1110. The molecule has 9 heteroatoms. The zero-order valence-corrected chi connectivity index (χ0v) is 18.1. The molecule has 0 bridgehead atoms. The van der Waals surface area contributed by atoms with E-state index in [0.29, 0.717) is 5.56 Å². The van der Waals surface area contributed by atoms with Gasteiger partial charge in [0.15, 0.2) is 9.84 Å². The molecule has 2 aromatic carbocycles. The van der Waals surface area contributed by atoms with E-state index in [4.69, 9.17) is 5.21 Å². The first kappa shape index (κ1) is 23.8. The van der Waals surface area contributed by atoms with Gasteiger partial charge in [0.1, 0.15) is 0 Å². The molecule has 2 aromatic rings. The van der Waals surface area contributed by atoms with Gasteiger partial charge in [-0.2, -0.15) is 0 Å². The van der Waals surface area contributed by atoms with Crippen molar-refractivity contribution in [1.29, 1.82) is 0 Å². The molecule has 0 aliphatic heterocycles. The minimum Gasteiger partial charge on any atom is -0.395 e. The number of sulfone groups is 1. The number of aryl methyl sites for hydroxylation is 1. The normalized spacial score (nSPS) is 17.7. The van der Waals surface area contributed by atoms with Gasteiger partial charge in [0.2, 0.25) is 0 Å². The third-order valence-corrected chi connectivity index (χ3v) is 6.91. The fraction of sp³-hybridized carbons (Fsp3) is 0.261. The Kier molecular flexibility index (Phi) is 7.60. The van der Waals surface area contributed by atoms with Crippen LogP contribution < -0.4 is 10.8 Å². The number of fused-ring (bicyclic) bond motifs is 1. The number of hydrogen-bond acceptors (Lipinski definition) is 7. The second kappa shape index (κ2) is 10.2.